The number of carbonyl (C=O) groups excluding carboxylic acids is 1. The monoisotopic (exact) mass is 577 g/mol. The van der Waals surface area contributed by atoms with Crippen molar-refractivity contribution in [2.24, 2.45) is 0 Å². The van der Waals surface area contributed by atoms with Crippen LogP contribution in [0.1, 0.15) is 15.9 Å². The Hall–Kier alpha value is -4.91. The van der Waals surface area contributed by atoms with E-state index in [1.807, 2.05) is 12.1 Å². The smallest absolute Gasteiger partial charge is 0.261 e. The molecular weight excluding hydrogens is 552 g/mol. The SMILES string of the molecule is CN(Cn1c(NC(=O)c2cccc(F)c2F)nc2ccccc21)c1ccnc(Nc2cccc(CS(C)(=O)=O)c2)n1. The summed E-state index contributed by atoms with van der Waals surface area (Å²) in [4.78, 5) is 27.9. The molecule has 2 aromatic heterocycles. The molecule has 1 amide bonds. The van der Waals surface area contributed by atoms with Crippen LogP contribution in [0.3, 0.4) is 0 Å². The van der Waals surface area contributed by atoms with Gasteiger partial charge in [-0.1, -0.05) is 30.3 Å². The highest BCUT2D eigenvalue weighted by atomic mass is 32.2. The van der Waals surface area contributed by atoms with Crippen molar-refractivity contribution >= 4 is 50.2 Å². The molecule has 10 nitrogen and oxygen atoms in total. The van der Waals surface area contributed by atoms with Crippen LogP contribution >= 0.6 is 0 Å². The molecule has 5 rings (SSSR count). The first-order valence-electron chi connectivity index (χ1n) is 12.4. The zero-order valence-corrected chi connectivity index (χ0v) is 22.9. The first kappa shape index (κ1) is 27.6. The molecule has 5 aromatic rings. The predicted molar refractivity (Wildman–Crippen MR) is 153 cm³/mol. The predicted octanol–water partition coefficient (Wildman–Crippen LogP) is 4.74. The average molecular weight is 578 g/mol. The number of fused-ring (bicyclic) bond motifs is 1. The molecule has 41 heavy (non-hydrogen) atoms. The minimum absolute atomic E-state index is 0.0876. The number of aromatic nitrogens is 4. The van der Waals surface area contributed by atoms with Crippen LogP contribution < -0.4 is 15.5 Å². The highest BCUT2D eigenvalue weighted by molar-refractivity contribution is 7.89. The van der Waals surface area contributed by atoms with Crippen molar-refractivity contribution in [3.05, 3.63) is 102 Å². The second-order valence-electron chi connectivity index (χ2n) is 9.38. The maximum absolute atomic E-state index is 14.3. The minimum atomic E-state index is -3.19. The van der Waals surface area contributed by atoms with Gasteiger partial charge in [0.2, 0.25) is 11.9 Å². The number of imidazole rings is 1. The Balaban J connectivity index is 1.39. The zero-order chi connectivity index (χ0) is 29.1. The number of halogens is 2. The summed E-state index contributed by atoms with van der Waals surface area (Å²) in [5, 5.41) is 5.69. The van der Waals surface area contributed by atoms with Crippen molar-refractivity contribution in [1.29, 1.82) is 0 Å². The molecule has 0 unspecified atom stereocenters. The molecule has 0 radical (unpaired) electrons. The molecule has 0 saturated heterocycles. The summed E-state index contributed by atoms with van der Waals surface area (Å²) in [5.41, 5.74) is 2.11. The number of rotatable bonds is 9. The van der Waals surface area contributed by atoms with Gasteiger partial charge in [-0.05, 0) is 48.0 Å². The average Bonchev–Trinajstić information content (AvgIpc) is 3.26. The van der Waals surface area contributed by atoms with Crippen LogP contribution in [0.25, 0.3) is 11.0 Å². The summed E-state index contributed by atoms with van der Waals surface area (Å²) in [6.45, 7) is 0.183. The first-order valence-corrected chi connectivity index (χ1v) is 14.4. The topological polar surface area (TPSA) is 122 Å². The van der Waals surface area contributed by atoms with E-state index in [1.165, 1.54) is 18.4 Å². The molecule has 0 atom stereocenters. The molecule has 210 valence electrons. The third-order valence-corrected chi connectivity index (χ3v) is 6.93. The number of hydrogen-bond acceptors (Lipinski definition) is 8. The summed E-state index contributed by atoms with van der Waals surface area (Å²) < 4.78 is 53.0. The van der Waals surface area contributed by atoms with Crippen LogP contribution in [-0.4, -0.2) is 47.1 Å². The molecule has 0 aliphatic rings. The van der Waals surface area contributed by atoms with E-state index in [9.17, 15) is 22.0 Å². The highest BCUT2D eigenvalue weighted by Crippen LogP contribution is 2.24. The van der Waals surface area contributed by atoms with Gasteiger partial charge >= 0.3 is 0 Å². The van der Waals surface area contributed by atoms with E-state index in [1.54, 1.807) is 65.2 Å². The molecule has 0 saturated carbocycles. The van der Waals surface area contributed by atoms with Crippen LogP contribution in [0.4, 0.5) is 32.2 Å². The lowest BCUT2D eigenvalue weighted by molar-refractivity contribution is 0.102. The van der Waals surface area contributed by atoms with Crippen molar-refractivity contribution < 1.29 is 22.0 Å². The van der Waals surface area contributed by atoms with Crippen LogP contribution in [-0.2, 0) is 22.3 Å². The molecule has 0 aliphatic carbocycles. The van der Waals surface area contributed by atoms with Gasteiger partial charge in [-0.25, -0.2) is 27.2 Å². The Kier molecular flexibility index (Phi) is 7.62. The van der Waals surface area contributed by atoms with Gasteiger partial charge in [-0.2, -0.15) is 4.98 Å². The molecule has 2 N–H and O–H groups in total. The lowest BCUT2D eigenvalue weighted by Crippen LogP contribution is -2.25. The Morgan fingerprint density at radius 3 is 2.59 bits per heavy atom. The number of anilines is 4. The summed E-state index contributed by atoms with van der Waals surface area (Å²) >= 11 is 0. The summed E-state index contributed by atoms with van der Waals surface area (Å²) in [6.07, 6.45) is 2.75. The Bertz CT molecular complexity index is 1860. The number of hydrogen-bond donors (Lipinski definition) is 2. The third kappa shape index (κ3) is 6.47. The fourth-order valence-corrected chi connectivity index (χ4v) is 5.02. The maximum atomic E-state index is 14.3. The van der Waals surface area contributed by atoms with Gasteiger partial charge in [0.25, 0.3) is 5.91 Å². The number of carbonyl (C=O) groups is 1. The minimum Gasteiger partial charge on any atom is -0.341 e. The molecule has 2 heterocycles. The molecule has 13 heteroatoms. The van der Waals surface area contributed by atoms with Gasteiger partial charge < -0.3 is 10.2 Å². The van der Waals surface area contributed by atoms with Crippen molar-refractivity contribution in [3.63, 3.8) is 0 Å². The zero-order valence-electron chi connectivity index (χ0n) is 22.0. The highest BCUT2D eigenvalue weighted by Gasteiger charge is 2.20. The van der Waals surface area contributed by atoms with E-state index in [-0.39, 0.29) is 24.3 Å². The summed E-state index contributed by atoms with van der Waals surface area (Å²) in [7, 11) is -1.41. The van der Waals surface area contributed by atoms with Crippen molar-refractivity contribution in [1.82, 2.24) is 19.5 Å². The number of nitrogens with one attached hydrogen (secondary N) is 2. The molecule has 0 fully saturated rings. The Labute approximate surface area is 234 Å². The molecular formula is C28H25F2N7O3S. The van der Waals surface area contributed by atoms with Crippen molar-refractivity contribution in [2.75, 3.05) is 28.8 Å². The van der Waals surface area contributed by atoms with E-state index in [2.05, 4.69) is 25.6 Å². The third-order valence-electron chi connectivity index (χ3n) is 6.07. The fourth-order valence-electron chi connectivity index (χ4n) is 4.24. The van der Waals surface area contributed by atoms with Crippen molar-refractivity contribution in [2.45, 2.75) is 12.4 Å². The largest absolute Gasteiger partial charge is 0.341 e. The van der Waals surface area contributed by atoms with Gasteiger partial charge in [0, 0.05) is 25.2 Å². The van der Waals surface area contributed by atoms with Gasteiger partial charge in [-0.15, -0.1) is 0 Å². The van der Waals surface area contributed by atoms with Crippen LogP contribution in [0, 0.1) is 11.6 Å². The molecule has 0 bridgehead atoms. The maximum Gasteiger partial charge on any atom is 0.261 e. The fraction of sp³-hybridized carbons (Fsp3) is 0.143. The number of para-hydroxylation sites is 2. The van der Waals surface area contributed by atoms with E-state index in [4.69, 9.17) is 0 Å². The summed E-state index contributed by atoms with van der Waals surface area (Å²) in [5.74, 6) is -2.34. The van der Waals surface area contributed by atoms with Gasteiger partial charge in [0.1, 0.15) is 5.82 Å². The summed E-state index contributed by atoms with van der Waals surface area (Å²) in [6, 6.07) is 19.3. The quantitative estimate of drug-likeness (QED) is 0.258. The first-order chi connectivity index (χ1) is 19.6. The van der Waals surface area contributed by atoms with Gasteiger partial charge in [0.15, 0.2) is 21.5 Å². The standard InChI is InChI=1S/C28H25F2N7O3S/c1-36(24-13-14-31-27(34-24)32-19-8-5-7-18(15-19)16-41(2,39)40)17-37-23-12-4-3-11-22(23)33-28(37)35-26(38)20-9-6-10-21(29)25(20)30/h3-15H,16-17H2,1-2H3,(H,31,32,34)(H,33,35,38). The lowest BCUT2D eigenvalue weighted by Gasteiger charge is -2.21. The van der Waals surface area contributed by atoms with Crippen LogP contribution in [0.2, 0.25) is 0 Å². The van der Waals surface area contributed by atoms with E-state index in [0.29, 0.717) is 28.1 Å². The number of amides is 1. The van der Waals surface area contributed by atoms with Crippen molar-refractivity contribution in [3.8, 4) is 0 Å². The second kappa shape index (κ2) is 11.3. The Morgan fingerprint density at radius 2 is 1.78 bits per heavy atom. The molecule has 3 aromatic carbocycles. The molecule has 0 aliphatic heterocycles. The second-order valence-corrected chi connectivity index (χ2v) is 11.5. The van der Waals surface area contributed by atoms with Crippen LogP contribution in [0.5, 0.6) is 0 Å². The van der Waals surface area contributed by atoms with Gasteiger partial charge in [-0.3, -0.25) is 14.7 Å². The number of benzene rings is 3. The van der Waals surface area contributed by atoms with Crippen LogP contribution in [0.15, 0.2) is 79.0 Å². The van der Waals surface area contributed by atoms with E-state index >= 15 is 0 Å². The Morgan fingerprint density at radius 1 is 1.00 bits per heavy atom. The number of nitrogens with zero attached hydrogens (tertiary/aromatic N) is 5. The van der Waals surface area contributed by atoms with E-state index in [0.717, 1.165) is 6.07 Å². The van der Waals surface area contributed by atoms with E-state index < -0.39 is 32.9 Å². The molecule has 0 spiro atoms. The van der Waals surface area contributed by atoms with Gasteiger partial charge in [0.05, 0.1) is 29.0 Å². The number of sulfone groups is 1. The lowest BCUT2D eigenvalue weighted by atomic mass is 10.2. The normalized spacial score (nSPS) is 11.4.